The van der Waals surface area contributed by atoms with Gasteiger partial charge in [-0.1, -0.05) is 12.1 Å². The highest BCUT2D eigenvalue weighted by Gasteiger charge is 2.22. The molecule has 0 aliphatic carbocycles. The van der Waals surface area contributed by atoms with E-state index in [1.807, 2.05) is 0 Å². The van der Waals surface area contributed by atoms with Gasteiger partial charge >= 0.3 is 5.97 Å². The van der Waals surface area contributed by atoms with Gasteiger partial charge in [0.15, 0.2) is 0 Å². The molecule has 0 unspecified atom stereocenters. The molecule has 0 spiro atoms. The van der Waals surface area contributed by atoms with Crippen molar-refractivity contribution in [2.24, 2.45) is 7.05 Å². The van der Waals surface area contributed by atoms with Crippen LogP contribution in [0.3, 0.4) is 0 Å². The molecule has 27 heavy (non-hydrogen) atoms. The summed E-state index contributed by atoms with van der Waals surface area (Å²) in [4.78, 5) is 28.5. The zero-order chi connectivity index (χ0) is 19.4. The number of hydrogen-bond donors (Lipinski definition) is 1. The number of halogens is 1. The lowest BCUT2D eigenvalue weighted by Gasteiger charge is -2.19. The first-order chi connectivity index (χ1) is 13.0. The largest absolute Gasteiger partial charge is 0.465 e. The van der Waals surface area contributed by atoms with Gasteiger partial charge < -0.3 is 14.6 Å². The molecular formula is C20H18FN3O3. The molecule has 0 radical (unpaired) electrons. The molecule has 2 aromatic carbocycles. The lowest BCUT2D eigenvalue weighted by Crippen LogP contribution is -2.31. The van der Waals surface area contributed by atoms with Crippen LogP contribution in [0.15, 0.2) is 60.9 Å². The van der Waals surface area contributed by atoms with Crippen molar-refractivity contribution >= 4 is 11.9 Å². The first-order valence-corrected chi connectivity index (χ1v) is 8.21. The van der Waals surface area contributed by atoms with Crippen LogP contribution in [0.1, 0.15) is 38.1 Å². The minimum absolute atomic E-state index is 0.347. The lowest BCUT2D eigenvalue weighted by atomic mass is 10.0. The number of ether oxygens (including phenoxy) is 1. The molecule has 1 aromatic heterocycles. The number of nitrogens with one attached hydrogen (secondary N) is 1. The van der Waals surface area contributed by atoms with Crippen LogP contribution in [0, 0.1) is 5.82 Å². The van der Waals surface area contributed by atoms with Crippen molar-refractivity contribution in [1.82, 2.24) is 14.9 Å². The number of hydrogen-bond acceptors (Lipinski definition) is 4. The lowest BCUT2D eigenvalue weighted by molar-refractivity contribution is 0.0600. The van der Waals surface area contributed by atoms with Crippen LogP contribution in [0.25, 0.3) is 0 Å². The van der Waals surface area contributed by atoms with Gasteiger partial charge in [-0.05, 0) is 42.0 Å². The fourth-order valence-corrected chi connectivity index (χ4v) is 2.73. The summed E-state index contributed by atoms with van der Waals surface area (Å²) < 4.78 is 20.1. The van der Waals surface area contributed by atoms with E-state index in [1.165, 1.54) is 43.5 Å². The number of imidazole rings is 1. The van der Waals surface area contributed by atoms with Crippen molar-refractivity contribution in [2.45, 2.75) is 6.04 Å². The van der Waals surface area contributed by atoms with Crippen molar-refractivity contribution in [1.29, 1.82) is 0 Å². The smallest absolute Gasteiger partial charge is 0.337 e. The Balaban J connectivity index is 1.89. The first-order valence-electron chi connectivity index (χ1n) is 8.21. The van der Waals surface area contributed by atoms with E-state index in [0.29, 0.717) is 22.5 Å². The quantitative estimate of drug-likeness (QED) is 0.704. The highest BCUT2D eigenvalue weighted by atomic mass is 19.1. The third-order valence-corrected chi connectivity index (χ3v) is 4.14. The molecule has 0 aliphatic heterocycles. The minimum atomic E-state index is -0.631. The molecule has 0 fully saturated rings. The van der Waals surface area contributed by atoms with Crippen molar-refractivity contribution in [3.8, 4) is 0 Å². The van der Waals surface area contributed by atoms with E-state index in [4.69, 9.17) is 0 Å². The number of benzene rings is 2. The molecule has 0 aliphatic rings. The van der Waals surface area contributed by atoms with Crippen molar-refractivity contribution in [3.63, 3.8) is 0 Å². The number of amides is 1. The van der Waals surface area contributed by atoms with E-state index in [0.717, 1.165) is 0 Å². The monoisotopic (exact) mass is 367 g/mol. The van der Waals surface area contributed by atoms with E-state index >= 15 is 0 Å². The number of nitrogens with zero attached hydrogens (tertiary/aromatic N) is 2. The van der Waals surface area contributed by atoms with E-state index in [2.05, 4.69) is 15.0 Å². The summed E-state index contributed by atoms with van der Waals surface area (Å²) in [6.45, 7) is 0. The average molecular weight is 367 g/mol. The Kier molecular flexibility index (Phi) is 5.30. The number of methoxy groups -OCH3 is 1. The molecule has 0 bridgehead atoms. The summed E-state index contributed by atoms with van der Waals surface area (Å²) in [5.74, 6) is -0.681. The third-order valence-electron chi connectivity index (χ3n) is 4.14. The molecular weight excluding hydrogens is 349 g/mol. The summed E-state index contributed by atoms with van der Waals surface area (Å²) in [7, 11) is 3.09. The van der Waals surface area contributed by atoms with E-state index in [1.54, 1.807) is 36.1 Å². The van der Waals surface area contributed by atoms with Crippen LogP contribution < -0.4 is 5.32 Å². The number of aryl methyl sites for hydroxylation is 1. The first kappa shape index (κ1) is 18.3. The molecule has 3 rings (SSSR count). The van der Waals surface area contributed by atoms with Gasteiger partial charge in [0.2, 0.25) is 0 Å². The standard InChI is InChI=1S/C20H18FN3O3/c1-24-11-10-22-18(24)17(15-4-3-5-16(21)12-15)23-19(25)13-6-8-14(9-7-13)20(26)27-2/h3-12,17H,1-2H3,(H,23,25)/t17-/m1/s1. The van der Waals surface area contributed by atoms with Crippen LogP contribution in [-0.4, -0.2) is 28.5 Å². The second kappa shape index (κ2) is 7.82. The topological polar surface area (TPSA) is 73.2 Å². The van der Waals surface area contributed by atoms with Gasteiger partial charge in [-0.2, -0.15) is 0 Å². The van der Waals surface area contributed by atoms with Gasteiger partial charge in [0.1, 0.15) is 17.7 Å². The Hall–Kier alpha value is -3.48. The number of rotatable bonds is 5. The highest BCUT2D eigenvalue weighted by Crippen LogP contribution is 2.22. The summed E-state index contributed by atoms with van der Waals surface area (Å²) in [6, 6.07) is 11.5. The van der Waals surface area contributed by atoms with E-state index in [9.17, 15) is 14.0 Å². The fraction of sp³-hybridized carbons (Fsp3) is 0.150. The molecule has 3 aromatic rings. The van der Waals surface area contributed by atoms with Crippen molar-refractivity contribution in [3.05, 3.63) is 89.3 Å². The van der Waals surface area contributed by atoms with E-state index in [-0.39, 0.29) is 5.91 Å². The van der Waals surface area contributed by atoms with Gasteiger partial charge in [0.05, 0.1) is 12.7 Å². The average Bonchev–Trinajstić information content (AvgIpc) is 3.11. The number of carbonyl (C=O) groups excluding carboxylic acids is 2. The SMILES string of the molecule is COC(=O)c1ccc(C(=O)N[C@H](c2cccc(F)c2)c2nccn2C)cc1. The van der Waals surface area contributed by atoms with Crippen molar-refractivity contribution in [2.75, 3.05) is 7.11 Å². The van der Waals surface area contributed by atoms with Gasteiger partial charge in [-0.3, -0.25) is 4.79 Å². The molecule has 7 heteroatoms. The van der Waals surface area contributed by atoms with E-state index < -0.39 is 17.8 Å². The van der Waals surface area contributed by atoms with Crippen LogP contribution in [0.5, 0.6) is 0 Å². The zero-order valence-electron chi connectivity index (χ0n) is 14.8. The maximum Gasteiger partial charge on any atom is 0.337 e. The molecule has 6 nitrogen and oxygen atoms in total. The molecule has 138 valence electrons. The normalized spacial score (nSPS) is 11.7. The second-order valence-electron chi connectivity index (χ2n) is 5.93. The maximum atomic E-state index is 13.7. The van der Waals surface area contributed by atoms with Crippen LogP contribution in [0.4, 0.5) is 4.39 Å². The Labute approximate surface area is 155 Å². The molecule has 1 heterocycles. The number of aromatic nitrogens is 2. The summed E-state index contributed by atoms with van der Waals surface area (Å²) >= 11 is 0. The Bertz CT molecular complexity index is 967. The van der Waals surface area contributed by atoms with Gasteiger partial charge in [0, 0.05) is 25.0 Å². The molecule has 1 N–H and O–H groups in total. The van der Waals surface area contributed by atoms with Crippen LogP contribution >= 0.6 is 0 Å². The highest BCUT2D eigenvalue weighted by molar-refractivity contribution is 5.96. The predicted molar refractivity (Wildman–Crippen MR) is 96.7 cm³/mol. The van der Waals surface area contributed by atoms with Crippen LogP contribution in [0.2, 0.25) is 0 Å². The third kappa shape index (κ3) is 4.03. The molecule has 0 saturated heterocycles. The second-order valence-corrected chi connectivity index (χ2v) is 5.93. The summed E-state index contributed by atoms with van der Waals surface area (Å²) in [5, 5.41) is 2.88. The van der Waals surface area contributed by atoms with Gasteiger partial charge in [-0.15, -0.1) is 0 Å². The summed E-state index contributed by atoms with van der Waals surface area (Å²) in [6.07, 6.45) is 3.36. The fourth-order valence-electron chi connectivity index (χ4n) is 2.73. The Morgan fingerprint density at radius 2 is 1.85 bits per heavy atom. The maximum absolute atomic E-state index is 13.7. The zero-order valence-corrected chi connectivity index (χ0v) is 14.8. The van der Waals surface area contributed by atoms with Crippen molar-refractivity contribution < 1.29 is 18.7 Å². The Morgan fingerprint density at radius 1 is 1.15 bits per heavy atom. The van der Waals surface area contributed by atoms with Crippen LogP contribution in [-0.2, 0) is 11.8 Å². The summed E-state index contributed by atoms with van der Waals surface area (Å²) in [5.41, 5.74) is 1.28. The van der Waals surface area contributed by atoms with Gasteiger partial charge in [0.25, 0.3) is 5.91 Å². The van der Waals surface area contributed by atoms with Gasteiger partial charge in [-0.25, -0.2) is 14.2 Å². The number of esters is 1. The number of carbonyl (C=O) groups is 2. The molecule has 0 saturated carbocycles. The Morgan fingerprint density at radius 3 is 2.44 bits per heavy atom. The minimum Gasteiger partial charge on any atom is -0.465 e. The predicted octanol–water partition coefficient (Wildman–Crippen LogP) is 2.87. The molecule has 1 amide bonds. The molecule has 1 atom stereocenters.